The van der Waals surface area contributed by atoms with Crippen LogP contribution in [0.3, 0.4) is 0 Å². The molecule has 2 aromatic carbocycles. The minimum absolute atomic E-state index is 0. The average molecular weight is 524 g/mol. The first-order chi connectivity index (χ1) is 14.0. The molecule has 6 nitrogen and oxygen atoms in total. The first-order valence-corrected chi connectivity index (χ1v) is 9.94. The van der Waals surface area contributed by atoms with Crippen molar-refractivity contribution in [3.8, 4) is 5.75 Å². The zero-order chi connectivity index (χ0) is 21.1. The van der Waals surface area contributed by atoms with Crippen molar-refractivity contribution in [1.29, 1.82) is 0 Å². The van der Waals surface area contributed by atoms with Crippen LogP contribution >= 0.6 is 24.0 Å². The van der Waals surface area contributed by atoms with E-state index >= 15 is 0 Å². The molecule has 1 atom stereocenters. The summed E-state index contributed by atoms with van der Waals surface area (Å²) >= 11 is 0. The van der Waals surface area contributed by atoms with Gasteiger partial charge in [0.15, 0.2) is 5.96 Å². The highest BCUT2D eigenvalue weighted by Gasteiger charge is 2.10. The van der Waals surface area contributed by atoms with Crippen LogP contribution in [-0.4, -0.2) is 50.1 Å². The number of benzene rings is 2. The van der Waals surface area contributed by atoms with Gasteiger partial charge in [0.2, 0.25) is 5.91 Å². The third-order valence-corrected chi connectivity index (χ3v) is 4.52. The number of hydrogen-bond acceptors (Lipinski definition) is 3. The predicted molar refractivity (Wildman–Crippen MR) is 134 cm³/mol. The molecule has 0 bridgehead atoms. The van der Waals surface area contributed by atoms with Crippen LogP contribution in [-0.2, 0) is 11.3 Å². The van der Waals surface area contributed by atoms with E-state index in [1.165, 1.54) is 0 Å². The monoisotopic (exact) mass is 524 g/mol. The minimum atomic E-state index is -0.0201. The van der Waals surface area contributed by atoms with Crippen molar-refractivity contribution in [3.05, 3.63) is 65.7 Å². The van der Waals surface area contributed by atoms with Gasteiger partial charge in [0.1, 0.15) is 11.9 Å². The van der Waals surface area contributed by atoms with E-state index in [2.05, 4.69) is 15.6 Å². The minimum Gasteiger partial charge on any atom is -0.489 e. The summed E-state index contributed by atoms with van der Waals surface area (Å²) in [4.78, 5) is 18.3. The van der Waals surface area contributed by atoms with E-state index in [0.717, 1.165) is 16.9 Å². The van der Waals surface area contributed by atoms with Crippen LogP contribution in [0.25, 0.3) is 0 Å². The van der Waals surface area contributed by atoms with Gasteiger partial charge in [0, 0.05) is 33.6 Å². The smallest absolute Gasteiger partial charge is 0.224 e. The summed E-state index contributed by atoms with van der Waals surface area (Å²) in [5.74, 6) is 1.63. The number of guanidine groups is 1. The van der Waals surface area contributed by atoms with Crippen LogP contribution in [0, 0.1) is 6.92 Å². The van der Waals surface area contributed by atoms with Crippen LogP contribution < -0.4 is 15.4 Å². The fourth-order valence-corrected chi connectivity index (χ4v) is 2.83. The van der Waals surface area contributed by atoms with E-state index in [1.54, 1.807) is 11.9 Å². The van der Waals surface area contributed by atoms with Crippen molar-refractivity contribution < 1.29 is 9.53 Å². The van der Waals surface area contributed by atoms with Crippen molar-refractivity contribution in [2.75, 3.05) is 27.2 Å². The molecule has 0 aliphatic carbocycles. The highest BCUT2D eigenvalue weighted by atomic mass is 127. The Kier molecular flexibility index (Phi) is 11.9. The third-order valence-electron chi connectivity index (χ3n) is 4.52. The van der Waals surface area contributed by atoms with Crippen LogP contribution in [0.15, 0.2) is 59.6 Å². The second-order valence-corrected chi connectivity index (χ2v) is 7.06. The van der Waals surface area contributed by atoms with Gasteiger partial charge >= 0.3 is 0 Å². The SMILES string of the molecule is CN=C(NCCC(=O)N(C)Cc1ccccc1)NCC(C)Oc1ccccc1C.I. The van der Waals surface area contributed by atoms with Gasteiger partial charge in [-0.3, -0.25) is 9.79 Å². The molecule has 0 spiro atoms. The van der Waals surface area contributed by atoms with E-state index in [9.17, 15) is 4.79 Å². The molecule has 1 unspecified atom stereocenters. The van der Waals surface area contributed by atoms with Gasteiger partial charge in [0.05, 0.1) is 6.54 Å². The number of hydrogen-bond donors (Lipinski definition) is 2. The van der Waals surface area contributed by atoms with Gasteiger partial charge in [0.25, 0.3) is 0 Å². The van der Waals surface area contributed by atoms with Crippen molar-refractivity contribution in [1.82, 2.24) is 15.5 Å². The summed E-state index contributed by atoms with van der Waals surface area (Å²) in [6, 6.07) is 17.9. The number of nitrogens with one attached hydrogen (secondary N) is 2. The number of para-hydroxylation sites is 1. The van der Waals surface area contributed by atoms with Crippen LogP contribution in [0.5, 0.6) is 5.75 Å². The Balaban J connectivity index is 0.00000450. The Labute approximate surface area is 197 Å². The van der Waals surface area contributed by atoms with Gasteiger partial charge in [-0.2, -0.15) is 0 Å². The van der Waals surface area contributed by atoms with E-state index in [4.69, 9.17) is 4.74 Å². The fourth-order valence-electron chi connectivity index (χ4n) is 2.83. The van der Waals surface area contributed by atoms with E-state index in [-0.39, 0.29) is 36.0 Å². The third kappa shape index (κ3) is 9.02. The van der Waals surface area contributed by atoms with E-state index in [0.29, 0.717) is 32.0 Å². The molecule has 0 saturated heterocycles. The zero-order valence-corrected chi connectivity index (χ0v) is 20.6. The second kappa shape index (κ2) is 13.8. The molecule has 2 rings (SSSR count). The molecule has 164 valence electrons. The number of nitrogens with zero attached hydrogens (tertiary/aromatic N) is 2. The van der Waals surface area contributed by atoms with Crippen molar-refractivity contribution in [2.24, 2.45) is 4.99 Å². The predicted octanol–water partition coefficient (Wildman–Crippen LogP) is 3.59. The standard InChI is InChI=1S/C23H32N4O2.HI/c1-18-10-8-9-13-21(18)29-19(2)16-26-23(24-3)25-15-14-22(28)27(4)17-20-11-6-5-7-12-20;/h5-13,19H,14-17H2,1-4H3,(H2,24,25,26);1H. The Bertz CT molecular complexity index is 799. The molecule has 1 amide bonds. The van der Waals surface area contributed by atoms with Gasteiger partial charge in [-0.15, -0.1) is 24.0 Å². The number of rotatable bonds is 9. The maximum absolute atomic E-state index is 12.3. The summed E-state index contributed by atoms with van der Waals surface area (Å²) in [5.41, 5.74) is 2.23. The number of carbonyl (C=O) groups is 1. The maximum atomic E-state index is 12.3. The van der Waals surface area contributed by atoms with E-state index in [1.807, 2.05) is 75.5 Å². The van der Waals surface area contributed by atoms with Gasteiger partial charge in [-0.05, 0) is 31.0 Å². The van der Waals surface area contributed by atoms with Crippen LogP contribution in [0.1, 0.15) is 24.5 Å². The molecule has 2 aromatic rings. The van der Waals surface area contributed by atoms with Crippen molar-refractivity contribution >= 4 is 35.8 Å². The molecule has 0 aromatic heterocycles. The quantitative estimate of drug-likeness (QED) is 0.299. The molecule has 30 heavy (non-hydrogen) atoms. The summed E-state index contributed by atoms with van der Waals surface area (Å²) in [5, 5.41) is 6.43. The molecule has 0 aliphatic heterocycles. The molecule has 0 saturated carbocycles. The Morgan fingerprint density at radius 2 is 1.77 bits per heavy atom. The molecule has 7 heteroatoms. The van der Waals surface area contributed by atoms with Crippen LogP contribution in [0.4, 0.5) is 0 Å². The highest BCUT2D eigenvalue weighted by Crippen LogP contribution is 2.17. The summed E-state index contributed by atoms with van der Waals surface area (Å²) in [7, 11) is 3.54. The molecule has 0 radical (unpaired) electrons. The van der Waals surface area contributed by atoms with Crippen molar-refractivity contribution in [3.63, 3.8) is 0 Å². The number of halogens is 1. The molecule has 0 fully saturated rings. The Morgan fingerprint density at radius 3 is 2.43 bits per heavy atom. The number of aryl methyl sites for hydroxylation is 1. The topological polar surface area (TPSA) is 66.0 Å². The van der Waals surface area contributed by atoms with E-state index < -0.39 is 0 Å². The van der Waals surface area contributed by atoms with Gasteiger partial charge in [-0.25, -0.2) is 0 Å². The number of aliphatic imine (C=N–C) groups is 1. The first kappa shape index (κ1) is 25.7. The lowest BCUT2D eigenvalue weighted by Crippen LogP contribution is -2.43. The summed E-state index contributed by atoms with van der Waals surface area (Å²) in [6.07, 6.45) is 0.382. The first-order valence-electron chi connectivity index (χ1n) is 9.94. The molecule has 0 heterocycles. The number of carbonyl (C=O) groups excluding carboxylic acids is 1. The molecule has 0 aliphatic rings. The molecular weight excluding hydrogens is 491 g/mol. The highest BCUT2D eigenvalue weighted by molar-refractivity contribution is 14.0. The number of amides is 1. The fraction of sp³-hybridized carbons (Fsp3) is 0.391. The van der Waals surface area contributed by atoms with Gasteiger partial charge < -0.3 is 20.3 Å². The maximum Gasteiger partial charge on any atom is 0.224 e. The number of ether oxygens (including phenoxy) is 1. The summed E-state index contributed by atoms with van der Waals surface area (Å²) in [6.45, 7) is 5.78. The summed E-state index contributed by atoms with van der Waals surface area (Å²) < 4.78 is 5.96. The molecule has 2 N–H and O–H groups in total. The van der Waals surface area contributed by atoms with Crippen molar-refractivity contribution in [2.45, 2.75) is 32.9 Å². The zero-order valence-electron chi connectivity index (χ0n) is 18.2. The lowest BCUT2D eigenvalue weighted by molar-refractivity contribution is -0.130. The lowest BCUT2D eigenvalue weighted by atomic mass is 10.2. The second-order valence-electron chi connectivity index (χ2n) is 7.06. The Morgan fingerprint density at radius 1 is 1.10 bits per heavy atom. The largest absolute Gasteiger partial charge is 0.489 e. The van der Waals surface area contributed by atoms with Gasteiger partial charge in [-0.1, -0.05) is 48.5 Å². The average Bonchev–Trinajstić information content (AvgIpc) is 2.72. The lowest BCUT2D eigenvalue weighted by Gasteiger charge is -2.20. The Hall–Kier alpha value is -2.29. The van der Waals surface area contributed by atoms with Crippen LogP contribution in [0.2, 0.25) is 0 Å². The molecular formula is C23H33IN4O2. The normalized spacial score (nSPS) is 11.8.